The Balaban J connectivity index is 1.87. The molecule has 0 spiro atoms. The monoisotopic (exact) mass is 386 g/mol. The van der Waals surface area contributed by atoms with Crippen molar-refractivity contribution in [2.75, 3.05) is 40.2 Å². The SMILES string of the molecule is COc1ccc(NC(=O)CN(C)C(=O)CCc2cc(OC)ccc2OC)cc1. The average Bonchev–Trinajstić information content (AvgIpc) is 2.72. The van der Waals surface area contributed by atoms with E-state index in [4.69, 9.17) is 14.2 Å². The summed E-state index contributed by atoms with van der Waals surface area (Å²) in [5.74, 6) is 1.72. The molecule has 0 bridgehead atoms. The zero-order chi connectivity index (χ0) is 20.5. The second-order valence-corrected chi connectivity index (χ2v) is 6.20. The van der Waals surface area contributed by atoms with Crippen LogP contribution >= 0.6 is 0 Å². The van der Waals surface area contributed by atoms with Crippen LogP contribution in [0.5, 0.6) is 17.2 Å². The highest BCUT2D eigenvalue weighted by Crippen LogP contribution is 2.25. The number of hydrogen-bond acceptors (Lipinski definition) is 5. The molecule has 0 aliphatic carbocycles. The van der Waals surface area contributed by atoms with Gasteiger partial charge in [0.15, 0.2) is 0 Å². The molecule has 1 N–H and O–H groups in total. The molecule has 0 saturated carbocycles. The second kappa shape index (κ2) is 10.2. The van der Waals surface area contributed by atoms with Gasteiger partial charge in [0.05, 0.1) is 27.9 Å². The Morgan fingerprint density at radius 1 is 0.929 bits per heavy atom. The van der Waals surface area contributed by atoms with Crippen molar-refractivity contribution in [3.8, 4) is 17.2 Å². The minimum Gasteiger partial charge on any atom is -0.497 e. The van der Waals surface area contributed by atoms with Crippen LogP contribution in [0.1, 0.15) is 12.0 Å². The van der Waals surface area contributed by atoms with Crippen molar-refractivity contribution in [3.63, 3.8) is 0 Å². The third-order valence-electron chi connectivity index (χ3n) is 4.28. The molecule has 2 amide bonds. The first-order chi connectivity index (χ1) is 13.5. The quantitative estimate of drug-likeness (QED) is 0.717. The Bertz CT molecular complexity index is 805. The molecule has 28 heavy (non-hydrogen) atoms. The number of carbonyl (C=O) groups excluding carboxylic acids is 2. The predicted octanol–water partition coefficient (Wildman–Crippen LogP) is 2.74. The minimum absolute atomic E-state index is 0.0277. The van der Waals surface area contributed by atoms with E-state index in [0.29, 0.717) is 29.4 Å². The van der Waals surface area contributed by atoms with Gasteiger partial charge in [-0.25, -0.2) is 0 Å². The van der Waals surface area contributed by atoms with E-state index in [9.17, 15) is 9.59 Å². The van der Waals surface area contributed by atoms with Crippen molar-refractivity contribution < 1.29 is 23.8 Å². The van der Waals surface area contributed by atoms with E-state index in [0.717, 1.165) is 5.56 Å². The lowest BCUT2D eigenvalue weighted by atomic mass is 10.1. The van der Waals surface area contributed by atoms with Crippen molar-refractivity contribution >= 4 is 17.5 Å². The molecule has 0 saturated heterocycles. The van der Waals surface area contributed by atoms with Crippen molar-refractivity contribution in [3.05, 3.63) is 48.0 Å². The zero-order valence-corrected chi connectivity index (χ0v) is 16.7. The summed E-state index contributed by atoms with van der Waals surface area (Å²) in [5.41, 5.74) is 1.53. The molecular formula is C21H26N2O5. The molecular weight excluding hydrogens is 360 g/mol. The number of aryl methyl sites for hydroxylation is 1. The van der Waals surface area contributed by atoms with Crippen LogP contribution in [-0.4, -0.2) is 51.6 Å². The smallest absolute Gasteiger partial charge is 0.243 e. The molecule has 150 valence electrons. The number of ether oxygens (including phenoxy) is 3. The summed E-state index contributed by atoms with van der Waals surface area (Å²) in [6, 6.07) is 12.5. The zero-order valence-electron chi connectivity index (χ0n) is 16.7. The lowest BCUT2D eigenvalue weighted by Crippen LogP contribution is -2.35. The molecule has 0 unspecified atom stereocenters. The molecule has 0 aromatic heterocycles. The first kappa shape index (κ1) is 21.1. The minimum atomic E-state index is -0.264. The number of rotatable bonds is 9. The molecule has 7 heteroatoms. The van der Waals surface area contributed by atoms with E-state index in [1.165, 1.54) is 4.90 Å². The van der Waals surface area contributed by atoms with Crippen molar-refractivity contribution in [2.24, 2.45) is 0 Å². The van der Waals surface area contributed by atoms with Gasteiger partial charge in [0.1, 0.15) is 17.2 Å². The van der Waals surface area contributed by atoms with Crippen molar-refractivity contribution in [1.82, 2.24) is 4.90 Å². The van der Waals surface area contributed by atoms with Gasteiger partial charge in [0, 0.05) is 19.2 Å². The van der Waals surface area contributed by atoms with E-state index >= 15 is 0 Å². The van der Waals surface area contributed by atoms with E-state index in [-0.39, 0.29) is 24.8 Å². The molecule has 0 radical (unpaired) electrons. The van der Waals surface area contributed by atoms with Crippen LogP contribution in [0.3, 0.4) is 0 Å². The average molecular weight is 386 g/mol. The first-order valence-corrected chi connectivity index (χ1v) is 8.85. The fraction of sp³-hybridized carbons (Fsp3) is 0.333. The standard InChI is InChI=1S/C21H26N2O5/c1-23(14-20(24)22-16-6-8-17(26-2)9-7-16)21(25)12-5-15-13-18(27-3)10-11-19(15)28-4/h6-11,13H,5,12,14H2,1-4H3,(H,22,24). The number of nitrogens with one attached hydrogen (secondary N) is 1. The lowest BCUT2D eigenvalue weighted by Gasteiger charge is -2.17. The summed E-state index contributed by atoms with van der Waals surface area (Å²) in [7, 11) is 6.36. The first-order valence-electron chi connectivity index (χ1n) is 8.85. The predicted molar refractivity (Wildman–Crippen MR) is 107 cm³/mol. The third kappa shape index (κ3) is 5.90. The number of likely N-dealkylation sites (N-methyl/N-ethyl adjacent to an activating group) is 1. The van der Waals surface area contributed by atoms with Crippen LogP contribution in [-0.2, 0) is 16.0 Å². The largest absolute Gasteiger partial charge is 0.497 e. The molecule has 0 aliphatic heterocycles. The summed E-state index contributed by atoms with van der Waals surface area (Å²) in [4.78, 5) is 26.0. The number of amides is 2. The van der Waals surface area contributed by atoms with Gasteiger partial charge in [-0.2, -0.15) is 0 Å². The van der Waals surface area contributed by atoms with Gasteiger partial charge < -0.3 is 24.4 Å². The van der Waals surface area contributed by atoms with E-state index in [1.807, 2.05) is 12.1 Å². The molecule has 0 aliphatic rings. The normalized spacial score (nSPS) is 10.1. The van der Waals surface area contributed by atoms with Gasteiger partial charge in [-0.1, -0.05) is 0 Å². The number of nitrogens with zero attached hydrogens (tertiary/aromatic N) is 1. The van der Waals surface area contributed by atoms with Crippen LogP contribution in [0.2, 0.25) is 0 Å². The molecule has 0 fully saturated rings. The van der Waals surface area contributed by atoms with Gasteiger partial charge in [-0.3, -0.25) is 9.59 Å². The number of methoxy groups -OCH3 is 3. The van der Waals surface area contributed by atoms with Crippen LogP contribution in [0.4, 0.5) is 5.69 Å². The Morgan fingerprint density at radius 3 is 2.18 bits per heavy atom. The summed E-state index contributed by atoms with van der Waals surface area (Å²) >= 11 is 0. The summed E-state index contributed by atoms with van der Waals surface area (Å²) in [6.45, 7) is -0.0277. The Kier molecular flexibility index (Phi) is 7.68. The molecule has 2 aromatic rings. The number of benzene rings is 2. The van der Waals surface area contributed by atoms with Gasteiger partial charge in [-0.05, 0) is 54.4 Å². The number of hydrogen-bond donors (Lipinski definition) is 1. The number of carbonyl (C=O) groups is 2. The van der Waals surface area contributed by atoms with Crippen molar-refractivity contribution in [1.29, 1.82) is 0 Å². The van der Waals surface area contributed by atoms with E-state index in [2.05, 4.69) is 5.32 Å². The fourth-order valence-corrected chi connectivity index (χ4v) is 2.69. The van der Waals surface area contributed by atoms with Gasteiger partial charge in [-0.15, -0.1) is 0 Å². The van der Waals surface area contributed by atoms with Crippen LogP contribution in [0.15, 0.2) is 42.5 Å². The van der Waals surface area contributed by atoms with Crippen molar-refractivity contribution in [2.45, 2.75) is 12.8 Å². The summed E-state index contributed by atoms with van der Waals surface area (Å²) in [6.07, 6.45) is 0.749. The summed E-state index contributed by atoms with van der Waals surface area (Å²) < 4.78 is 15.6. The summed E-state index contributed by atoms with van der Waals surface area (Å²) in [5, 5.41) is 2.76. The Hall–Kier alpha value is -3.22. The molecule has 0 atom stereocenters. The highest BCUT2D eigenvalue weighted by molar-refractivity contribution is 5.94. The maximum Gasteiger partial charge on any atom is 0.243 e. The molecule has 0 heterocycles. The van der Waals surface area contributed by atoms with Gasteiger partial charge in [0.25, 0.3) is 0 Å². The third-order valence-corrected chi connectivity index (χ3v) is 4.28. The highest BCUT2D eigenvalue weighted by atomic mass is 16.5. The lowest BCUT2D eigenvalue weighted by molar-refractivity contribution is -0.133. The number of anilines is 1. The molecule has 2 aromatic carbocycles. The Labute approximate surface area is 165 Å². The van der Waals surface area contributed by atoms with Crippen LogP contribution < -0.4 is 19.5 Å². The molecule has 2 rings (SSSR count). The fourth-order valence-electron chi connectivity index (χ4n) is 2.69. The maximum atomic E-state index is 12.4. The van der Waals surface area contributed by atoms with Gasteiger partial charge >= 0.3 is 0 Å². The van der Waals surface area contributed by atoms with Gasteiger partial charge in [0.2, 0.25) is 11.8 Å². The van der Waals surface area contributed by atoms with E-state index in [1.54, 1.807) is 58.7 Å². The molecule has 7 nitrogen and oxygen atoms in total. The van der Waals surface area contributed by atoms with E-state index < -0.39 is 0 Å². The highest BCUT2D eigenvalue weighted by Gasteiger charge is 2.15. The topological polar surface area (TPSA) is 77.1 Å². The van der Waals surface area contributed by atoms with Crippen LogP contribution in [0.25, 0.3) is 0 Å². The second-order valence-electron chi connectivity index (χ2n) is 6.20. The Morgan fingerprint density at radius 2 is 1.57 bits per heavy atom. The maximum absolute atomic E-state index is 12.4. The van der Waals surface area contributed by atoms with Crippen LogP contribution in [0, 0.1) is 0 Å².